The van der Waals surface area contributed by atoms with E-state index in [0.29, 0.717) is 43.2 Å². The SMILES string of the molecule is COc1ccc(/C(O)=C2\C(=O)C(=O)N(CCN3CCOCC3)C2c2ccc(O)cc2)cc1. The Morgan fingerprint density at radius 1 is 1.03 bits per heavy atom. The van der Waals surface area contributed by atoms with Crippen LogP contribution in [0.3, 0.4) is 0 Å². The highest BCUT2D eigenvalue weighted by Crippen LogP contribution is 2.39. The summed E-state index contributed by atoms with van der Waals surface area (Å²) in [6.45, 7) is 3.72. The van der Waals surface area contributed by atoms with Gasteiger partial charge in [-0.25, -0.2) is 0 Å². The summed E-state index contributed by atoms with van der Waals surface area (Å²) in [5, 5.41) is 20.8. The van der Waals surface area contributed by atoms with Gasteiger partial charge in [0.15, 0.2) is 0 Å². The molecular weight excluding hydrogens is 412 g/mol. The summed E-state index contributed by atoms with van der Waals surface area (Å²) in [5.41, 5.74) is 1.09. The zero-order valence-electron chi connectivity index (χ0n) is 17.9. The van der Waals surface area contributed by atoms with Crippen LogP contribution in [0.5, 0.6) is 11.5 Å². The number of phenols is 1. The van der Waals surface area contributed by atoms with E-state index in [-0.39, 0.29) is 17.1 Å². The van der Waals surface area contributed by atoms with Crippen LogP contribution in [0.25, 0.3) is 5.76 Å². The van der Waals surface area contributed by atoms with Crippen molar-refractivity contribution in [3.05, 3.63) is 65.2 Å². The van der Waals surface area contributed by atoms with Crippen molar-refractivity contribution in [2.45, 2.75) is 6.04 Å². The number of hydrogen-bond donors (Lipinski definition) is 2. The lowest BCUT2D eigenvalue weighted by atomic mass is 9.95. The van der Waals surface area contributed by atoms with Crippen LogP contribution in [-0.2, 0) is 14.3 Å². The Kier molecular flexibility index (Phi) is 6.43. The highest BCUT2D eigenvalue weighted by molar-refractivity contribution is 6.46. The third kappa shape index (κ3) is 4.32. The lowest BCUT2D eigenvalue weighted by molar-refractivity contribution is -0.140. The summed E-state index contributed by atoms with van der Waals surface area (Å²) in [7, 11) is 1.54. The average Bonchev–Trinajstić information content (AvgIpc) is 3.08. The van der Waals surface area contributed by atoms with Crippen molar-refractivity contribution in [1.82, 2.24) is 9.80 Å². The summed E-state index contributed by atoms with van der Waals surface area (Å²) < 4.78 is 10.5. The van der Waals surface area contributed by atoms with Gasteiger partial charge < -0.3 is 24.6 Å². The molecule has 4 rings (SSSR count). The third-order valence-electron chi connectivity index (χ3n) is 5.87. The van der Waals surface area contributed by atoms with Crippen LogP contribution >= 0.6 is 0 Å². The van der Waals surface area contributed by atoms with Gasteiger partial charge in [-0.2, -0.15) is 0 Å². The van der Waals surface area contributed by atoms with Gasteiger partial charge in [-0.05, 0) is 42.0 Å². The minimum atomic E-state index is -0.751. The first-order valence-electron chi connectivity index (χ1n) is 10.5. The summed E-state index contributed by atoms with van der Waals surface area (Å²) in [6.07, 6.45) is 0. The predicted molar refractivity (Wildman–Crippen MR) is 117 cm³/mol. The number of aliphatic hydroxyl groups excluding tert-OH is 1. The molecule has 0 aromatic heterocycles. The van der Waals surface area contributed by atoms with E-state index in [1.165, 1.54) is 17.0 Å². The van der Waals surface area contributed by atoms with E-state index in [2.05, 4.69) is 4.90 Å². The second-order valence-corrected chi connectivity index (χ2v) is 7.77. The van der Waals surface area contributed by atoms with Crippen LogP contribution in [0.4, 0.5) is 0 Å². The molecule has 0 radical (unpaired) electrons. The van der Waals surface area contributed by atoms with Gasteiger partial charge in [0.1, 0.15) is 17.3 Å². The number of aliphatic hydroxyl groups is 1. The lowest BCUT2D eigenvalue weighted by Crippen LogP contribution is -2.42. The molecule has 2 aliphatic rings. The number of nitrogens with zero attached hydrogens (tertiary/aromatic N) is 2. The minimum Gasteiger partial charge on any atom is -0.508 e. The van der Waals surface area contributed by atoms with Gasteiger partial charge in [0.25, 0.3) is 11.7 Å². The lowest BCUT2D eigenvalue weighted by Gasteiger charge is -2.31. The normalized spacial score (nSPS) is 21.2. The number of likely N-dealkylation sites (tertiary alicyclic amines) is 1. The smallest absolute Gasteiger partial charge is 0.295 e. The van der Waals surface area contributed by atoms with Crippen molar-refractivity contribution in [2.75, 3.05) is 46.5 Å². The minimum absolute atomic E-state index is 0.0350. The van der Waals surface area contributed by atoms with Crippen molar-refractivity contribution in [1.29, 1.82) is 0 Å². The number of phenolic OH excluding ortho intramolecular Hbond substituents is 1. The molecule has 8 heteroatoms. The maximum Gasteiger partial charge on any atom is 0.295 e. The molecule has 0 aliphatic carbocycles. The Balaban J connectivity index is 1.71. The number of methoxy groups -OCH3 is 1. The molecule has 8 nitrogen and oxygen atoms in total. The van der Waals surface area contributed by atoms with Gasteiger partial charge in [-0.15, -0.1) is 0 Å². The number of carbonyl (C=O) groups is 2. The Labute approximate surface area is 186 Å². The van der Waals surface area contributed by atoms with Crippen molar-refractivity contribution in [2.24, 2.45) is 0 Å². The molecule has 168 valence electrons. The molecule has 2 aromatic carbocycles. The highest BCUT2D eigenvalue weighted by atomic mass is 16.5. The first kappa shape index (κ1) is 21.9. The van der Waals surface area contributed by atoms with Crippen molar-refractivity contribution in [3.8, 4) is 11.5 Å². The molecule has 1 amide bonds. The Morgan fingerprint density at radius 2 is 1.69 bits per heavy atom. The number of ketones is 1. The number of hydrogen-bond acceptors (Lipinski definition) is 7. The fourth-order valence-corrected chi connectivity index (χ4v) is 4.09. The zero-order chi connectivity index (χ0) is 22.7. The first-order chi connectivity index (χ1) is 15.5. The van der Waals surface area contributed by atoms with Gasteiger partial charge in [-0.1, -0.05) is 12.1 Å². The monoisotopic (exact) mass is 438 g/mol. The Bertz CT molecular complexity index is 1010. The number of carbonyl (C=O) groups excluding carboxylic acids is 2. The van der Waals surface area contributed by atoms with Crippen molar-refractivity contribution in [3.63, 3.8) is 0 Å². The maximum atomic E-state index is 13.0. The standard InChI is InChI=1S/C24H26N2O6/c1-31-19-8-4-17(5-9-19)22(28)20-21(16-2-6-18(27)7-3-16)26(24(30)23(20)29)11-10-25-12-14-32-15-13-25/h2-9,21,27-28H,10-15H2,1H3/b22-20+. The fourth-order valence-electron chi connectivity index (χ4n) is 4.09. The molecule has 1 unspecified atom stereocenters. The van der Waals surface area contributed by atoms with Crippen LogP contribution in [0.2, 0.25) is 0 Å². The van der Waals surface area contributed by atoms with E-state index >= 15 is 0 Å². The largest absolute Gasteiger partial charge is 0.508 e. The Hall–Kier alpha value is -3.36. The summed E-state index contributed by atoms with van der Waals surface area (Å²) >= 11 is 0. The molecule has 32 heavy (non-hydrogen) atoms. The van der Waals surface area contributed by atoms with Crippen molar-refractivity contribution >= 4 is 17.4 Å². The van der Waals surface area contributed by atoms with E-state index in [9.17, 15) is 19.8 Å². The van der Waals surface area contributed by atoms with Crippen LogP contribution in [0.1, 0.15) is 17.2 Å². The maximum absolute atomic E-state index is 13.0. The number of amides is 1. The molecule has 2 aliphatic heterocycles. The van der Waals surface area contributed by atoms with Crippen LogP contribution in [-0.4, -0.2) is 78.2 Å². The van der Waals surface area contributed by atoms with Gasteiger partial charge in [0.2, 0.25) is 0 Å². The van der Waals surface area contributed by atoms with E-state index in [1.54, 1.807) is 43.5 Å². The van der Waals surface area contributed by atoms with E-state index in [0.717, 1.165) is 13.1 Å². The number of rotatable bonds is 6. The molecule has 2 fully saturated rings. The Morgan fingerprint density at radius 3 is 2.31 bits per heavy atom. The highest BCUT2D eigenvalue weighted by Gasteiger charge is 2.46. The second kappa shape index (κ2) is 9.42. The van der Waals surface area contributed by atoms with Crippen LogP contribution < -0.4 is 4.74 Å². The molecular formula is C24H26N2O6. The number of morpholine rings is 1. The first-order valence-corrected chi connectivity index (χ1v) is 10.5. The number of Topliss-reactive ketones (excluding diaryl/α,β-unsaturated/α-hetero) is 1. The quantitative estimate of drug-likeness (QED) is 0.405. The van der Waals surface area contributed by atoms with Gasteiger partial charge in [0, 0.05) is 31.7 Å². The second-order valence-electron chi connectivity index (χ2n) is 7.77. The topological polar surface area (TPSA) is 99.5 Å². The van der Waals surface area contributed by atoms with Crippen LogP contribution in [0.15, 0.2) is 54.1 Å². The van der Waals surface area contributed by atoms with E-state index < -0.39 is 17.7 Å². The molecule has 2 saturated heterocycles. The van der Waals surface area contributed by atoms with Gasteiger partial charge >= 0.3 is 0 Å². The number of ether oxygens (including phenoxy) is 2. The molecule has 1 atom stereocenters. The summed E-state index contributed by atoms with van der Waals surface area (Å²) in [4.78, 5) is 29.7. The molecule has 2 heterocycles. The van der Waals surface area contributed by atoms with E-state index in [4.69, 9.17) is 9.47 Å². The van der Waals surface area contributed by atoms with Gasteiger partial charge in [0.05, 0.1) is 31.9 Å². The molecule has 0 saturated carbocycles. The van der Waals surface area contributed by atoms with E-state index in [1.807, 2.05) is 0 Å². The fraction of sp³-hybridized carbons (Fsp3) is 0.333. The zero-order valence-corrected chi connectivity index (χ0v) is 17.9. The molecule has 0 spiro atoms. The molecule has 0 bridgehead atoms. The average molecular weight is 438 g/mol. The molecule has 2 N–H and O–H groups in total. The number of benzene rings is 2. The third-order valence-corrected chi connectivity index (χ3v) is 5.87. The number of aromatic hydroxyl groups is 1. The summed E-state index contributed by atoms with van der Waals surface area (Å²) in [5.74, 6) is -0.917. The van der Waals surface area contributed by atoms with Gasteiger partial charge in [-0.3, -0.25) is 14.5 Å². The summed E-state index contributed by atoms with van der Waals surface area (Å²) in [6, 6.07) is 12.2. The molecule has 2 aromatic rings. The predicted octanol–water partition coefficient (Wildman–Crippen LogP) is 2.15. The van der Waals surface area contributed by atoms with Crippen LogP contribution in [0, 0.1) is 0 Å². The van der Waals surface area contributed by atoms with Crippen molar-refractivity contribution < 1.29 is 29.3 Å².